The van der Waals surface area contributed by atoms with E-state index in [0.29, 0.717) is 0 Å². The van der Waals surface area contributed by atoms with Crippen molar-refractivity contribution < 1.29 is 5.02 Å². The Morgan fingerprint density at radius 3 is 1.81 bits per heavy atom. The minimum Gasteiger partial charge on any atom is -0.450 e. The maximum atomic E-state index is 8.84. The third-order valence-corrected chi connectivity index (χ3v) is 2.76. The van der Waals surface area contributed by atoms with E-state index in [4.69, 9.17) is 5.02 Å². The molecule has 0 bridgehead atoms. The highest BCUT2D eigenvalue weighted by molar-refractivity contribution is 6.45. The lowest BCUT2D eigenvalue weighted by Crippen LogP contribution is -2.11. The van der Waals surface area contributed by atoms with E-state index in [0.717, 1.165) is 19.4 Å². The number of benzene rings is 2. The number of aryl methyl sites for hydroxylation is 1. The smallest absolute Gasteiger partial charge is 0.326 e. The largest absolute Gasteiger partial charge is 0.450 e. The summed E-state index contributed by atoms with van der Waals surface area (Å²) in [4.78, 5) is 0. The maximum absolute atomic E-state index is 8.84. The molecule has 2 heteroatoms. The molecule has 16 heavy (non-hydrogen) atoms. The fourth-order valence-corrected chi connectivity index (χ4v) is 1.69. The van der Waals surface area contributed by atoms with Gasteiger partial charge in [0, 0.05) is 0 Å². The van der Waals surface area contributed by atoms with Gasteiger partial charge < -0.3 is 5.02 Å². The molecule has 0 spiro atoms. The summed E-state index contributed by atoms with van der Waals surface area (Å²) in [6.07, 6.45) is 1.07. The summed E-state index contributed by atoms with van der Waals surface area (Å²) in [7, 11) is 1.12. The van der Waals surface area contributed by atoms with Crippen molar-refractivity contribution in [3.63, 3.8) is 0 Å². The third-order valence-electron chi connectivity index (χ3n) is 2.76. The van der Waals surface area contributed by atoms with Crippen molar-refractivity contribution in [1.82, 2.24) is 0 Å². The van der Waals surface area contributed by atoms with E-state index < -0.39 is 0 Å². The predicted octanol–water partition coefficient (Wildman–Crippen LogP) is 2.15. The van der Waals surface area contributed by atoms with Gasteiger partial charge in [0.25, 0.3) is 0 Å². The molecule has 0 amide bonds. The van der Waals surface area contributed by atoms with Gasteiger partial charge in [0.05, 0.1) is 0 Å². The van der Waals surface area contributed by atoms with Gasteiger partial charge in [-0.25, -0.2) is 0 Å². The van der Waals surface area contributed by atoms with Crippen molar-refractivity contribution in [2.45, 2.75) is 13.3 Å². The van der Waals surface area contributed by atoms with E-state index in [-0.39, 0.29) is 0 Å². The zero-order chi connectivity index (χ0) is 11.4. The Labute approximate surface area is 97.0 Å². The lowest BCUT2D eigenvalue weighted by atomic mass is 9.87. The zero-order valence-corrected chi connectivity index (χ0v) is 9.35. The molecular weight excluding hydrogens is 195 g/mol. The van der Waals surface area contributed by atoms with Crippen LogP contribution in [0.5, 0.6) is 0 Å². The first-order valence-corrected chi connectivity index (χ1v) is 5.50. The second-order valence-electron chi connectivity index (χ2n) is 3.80. The molecule has 0 fully saturated rings. The van der Waals surface area contributed by atoms with Crippen molar-refractivity contribution in [2.75, 3.05) is 0 Å². The van der Waals surface area contributed by atoms with E-state index >= 15 is 0 Å². The van der Waals surface area contributed by atoms with Crippen LogP contribution in [0.3, 0.4) is 0 Å². The topological polar surface area (TPSA) is 20.2 Å². The van der Waals surface area contributed by atoms with Crippen LogP contribution in [0.1, 0.15) is 12.5 Å². The van der Waals surface area contributed by atoms with E-state index in [2.05, 4.69) is 31.2 Å². The molecule has 0 aliphatic rings. The van der Waals surface area contributed by atoms with Gasteiger partial charge in [-0.3, -0.25) is 0 Å². The van der Waals surface area contributed by atoms with Crippen LogP contribution < -0.4 is 5.46 Å². The Hall–Kier alpha value is -1.54. The molecule has 1 radical (unpaired) electrons. The second kappa shape index (κ2) is 5.00. The molecule has 0 saturated heterocycles. The molecule has 2 aromatic rings. The van der Waals surface area contributed by atoms with Crippen LogP contribution in [-0.2, 0) is 6.42 Å². The highest BCUT2D eigenvalue weighted by atomic mass is 16.2. The fraction of sp³-hybridized carbons (Fsp3) is 0.143. The zero-order valence-electron chi connectivity index (χ0n) is 9.35. The quantitative estimate of drug-likeness (QED) is 0.768. The normalized spacial score (nSPS) is 10.1. The molecule has 2 rings (SSSR count). The monoisotopic (exact) mass is 209 g/mol. The van der Waals surface area contributed by atoms with Crippen LogP contribution in [0.25, 0.3) is 11.1 Å². The van der Waals surface area contributed by atoms with Gasteiger partial charge in [0.15, 0.2) is 0 Å². The highest BCUT2D eigenvalue weighted by Gasteiger charge is 1.98. The molecule has 1 nitrogen and oxygen atoms in total. The molecule has 0 heterocycles. The minimum atomic E-state index is 0.828. The molecule has 0 aliphatic heterocycles. The molecular formula is C14H14BO. The van der Waals surface area contributed by atoms with E-state index in [1.807, 2.05) is 24.3 Å². The Kier molecular flexibility index (Phi) is 3.42. The number of hydrogen-bond acceptors (Lipinski definition) is 1. The SMILES string of the molecule is CCc1ccc(-c2ccc([B]O)cc2)cc1. The summed E-state index contributed by atoms with van der Waals surface area (Å²) < 4.78 is 0. The van der Waals surface area contributed by atoms with Gasteiger partial charge in [-0.2, -0.15) is 0 Å². The first kappa shape index (κ1) is 11.0. The summed E-state index contributed by atoms with van der Waals surface area (Å²) in [5.74, 6) is 0. The summed E-state index contributed by atoms with van der Waals surface area (Å²) in [5, 5.41) is 8.84. The first-order valence-electron chi connectivity index (χ1n) is 5.50. The van der Waals surface area contributed by atoms with Gasteiger partial charge in [-0.15, -0.1) is 0 Å². The molecule has 1 N–H and O–H groups in total. The fourth-order valence-electron chi connectivity index (χ4n) is 1.69. The third kappa shape index (κ3) is 2.34. The lowest BCUT2D eigenvalue weighted by molar-refractivity contribution is 0.615. The molecule has 0 aliphatic carbocycles. The van der Waals surface area contributed by atoms with Gasteiger partial charge in [0.2, 0.25) is 0 Å². The Balaban J connectivity index is 2.28. The molecule has 0 unspecified atom stereocenters. The summed E-state index contributed by atoms with van der Waals surface area (Å²) in [6, 6.07) is 16.4. The van der Waals surface area contributed by atoms with E-state index in [1.165, 1.54) is 16.7 Å². The summed E-state index contributed by atoms with van der Waals surface area (Å²) in [6.45, 7) is 2.15. The summed E-state index contributed by atoms with van der Waals surface area (Å²) >= 11 is 0. The highest BCUT2D eigenvalue weighted by Crippen LogP contribution is 2.18. The lowest BCUT2D eigenvalue weighted by Gasteiger charge is -2.03. The van der Waals surface area contributed by atoms with Gasteiger partial charge in [-0.05, 0) is 23.1 Å². The Morgan fingerprint density at radius 2 is 1.38 bits per heavy atom. The predicted molar refractivity (Wildman–Crippen MR) is 68.9 cm³/mol. The van der Waals surface area contributed by atoms with Crippen LogP contribution in [-0.4, -0.2) is 12.5 Å². The van der Waals surface area contributed by atoms with Gasteiger partial charge in [0.1, 0.15) is 0 Å². The standard InChI is InChI=1S/C14H14BO/c1-2-11-3-5-12(6-4-11)13-7-9-14(15-16)10-8-13/h3-10,16H,2H2,1H3. The molecule has 0 atom stereocenters. The molecule has 2 aromatic carbocycles. The van der Waals surface area contributed by atoms with Crippen molar-refractivity contribution >= 4 is 12.9 Å². The molecule has 0 aromatic heterocycles. The second-order valence-corrected chi connectivity index (χ2v) is 3.80. The Bertz CT molecular complexity index is 400. The van der Waals surface area contributed by atoms with Crippen LogP contribution in [0.15, 0.2) is 48.5 Å². The van der Waals surface area contributed by atoms with Crippen molar-refractivity contribution in [2.24, 2.45) is 0 Å². The Morgan fingerprint density at radius 1 is 0.875 bits per heavy atom. The molecule has 0 saturated carbocycles. The van der Waals surface area contributed by atoms with Crippen LogP contribution in [0.4, 0.5) is 0 Å². The molecule has 79 valence electrons. The van der Waals surface area contributed by atoms with E-state index in [9.17, 15) is 0 Å². The average molecular weight is 209 g/mol. The van der Waals surface area contributed by atoms with Gasteiger partial charge >= 0.3 is 7.48 Å². The van der Waals surface area contributed by atoms with Crippen LogP contribution in [0.2, 0.25) is 0 Å². The number of rotatable bonds is 3. The maximum Gasteiger partial charge on any atom is 0.326 e. The minimum absolute atomic E-state index is 0.828. The van der Waals surface area contributed by atoms with Crippen molar-refractivity contribution in [3.05, 3.63) is 54.1 Å². The van der Waals surface area contributed by atoms with E-state index in [1.54, 1.807) is 0 Å². The van der Waals surface area contributed by atoms with Gasteiger partial charge in [-0.1, -0.05) is 60.9 Å². The average Bonchev–Trinajstić information content (AvgIpc) is 2.39. The van der Waals surface area contributed by atoms with Crippen molar-refractivity contribution in [3.8, 4) is 11.1 Å². The number of hydrogen-bond donors (Lipinski definition) is 1. The van der Waals surface area contributed by atoms with Crippen LogP contribution >= 0.6 is 0 Å². The van der Waals surface area contributed by atoms with Crippen LogP contribution in [0, 0.1) is 0 Å². The van der Waals surface area contributed by atoms with Crippen molar-refractivity contribution in [1.29, 1.82) is 0 Å². The first-order chi connectivity index (χ1) is 7.83. The summed E-state index contributed by atoms with van der Waals surface area (Å²) in [5.41, 5.74) is 4.56.